The number of hydrogen-bond donors (Lipinski definition) is 1. The Morgan fingerprint density at radius 1 is 1.20 bits per heavy atom. The van der Waals surface area contributed by atoms with E-state index in [0.29, 0.717) is 11.4 Å². The molecule has 1 saturated carbocycles. The second-order valence-corrected chi connectivity index (χ2v) is 6.85. The van der Waals surface area contributed by atoms with E-state index in [1.165, 1.54) is 19.3 Å². The maximum absolute atomic E-state index is 12.5. The topological polar surface area (TPSA) is 38.3 Å². The molecule has 1 fully saturated rings. The summed E-state index contributed by atoms with van der Waals surface area (Å²) in [6.45, 7) is 0.463. The number of alkyl halides is 1. The van der Waals surface area contributed by atoms with Gasteiger partial charge in [-0.1, -0.05) is 53.4 Å². The predicted molar refractivity (Wildman–Crippen MR) is 82.4 cm³/mol. The van der Waals surface area contributed by atoms with Crippen LogP contribution in [0.1, 0.15) is 43.6 Å². The molecule has 0 bridgehead atoms. The van der Waals surface area contributed by atoms with Gasteiger partial charge in [-0.05, 0) is 18.9 Å². The van der Waals surface area contributed by atoms with Crippen molar-refractivity contribution in [3.63, 3.8) is 0 Å². The van der Waals surface area contributed by atoms with Gasteiger partial charge in [0.1, 0.15) is 18.3 Å². The minimum Gasteiger partial charge on any atom is -0.492 e. The molecule has 1 aliphatic heterocycles. The zero-order chi connectivity index (χ0) is 13.9. The monoisotopic (exact) mass is 337 g/mol. The number of ether oxygens (including phenoxy) is 1. The van der Waals surface area contributed by atoms with Gasteiger partial charge in [0.05, 0.1) is 0 Å². The molecule has 1 aromatic carbocycles. The number of para-hydroxylation sites is 1. The molecule has 3 rings (SSSR count). The van der Waals surface area contributed by atoms with Crippen LogP contribution in [-0.4, -0.2) is 23.4 Å². The largest absolute Gasteiger partial charge is 0.492 e. The molecule has 4 heteroatoms. The first-order valence-corrected chi connectivity index (χ1v) is 8.33. The molecule has 3 unspecified atom stereocenters. The number of carbonyl (C=O) groups is 1. The summed E-state index contributed by atoms with van der Waals surface area (Å²) in [4.78, 5) is 12.9. The zero-order valence-electron chi connectivity index (χ0n) is 11.5. The van der Waals surface area contributed by atoms with Gasteiger partial charge < -0.3 is 10.1 Å². The SMILES string of the molecule is O=C(NC1CCCCCC1Br)C1COc2ccccc21. The quantitative estimate of drug-likeness (QED) is 0.663. The second kappa shape index (κ2) is 6.17. The Hall–Kier alpha value is -1.03. The molecule has 20 heavy (non-hydrogen) atoms. The Labute approximate surface area is 128 Å². The third kappa shape index (κ3) is 2.85. The van der Waals surface area contributed by atoms with E-state index in [1.807, 2.05) is 24.3 Å². The molecule has 3 nitrogen and oxygen atoms in total. The van der Waals surface area contributed by atoms with Crippen molar-refractivity contribution in [3.05, 3.63) is 29.8 Å². The normalized spacial score (nSPS) is 29.1. The maximum Gasteiger partial charge on any atom is 0.231 e. The molecule has 0 radical (unpaired) electrons. The Kier molecular flexibility index (Phi) is 4.29. The molecule has 1 aromatic rings. The minimum absolute atomic E-state index is 0.103. The molecule has 0 spiro atoms. The van der Waals surface area contributed by atoms with Crippen LogP contribution in [0.4, 0.5) is 0 Å². The van der Waals surface area contributed by atoms with Gasteiger partial charge in [0.15, 0.2) is 0 Å². The van der Waals surface area contributed by atoms with Crippen LogP contribution in [0, 0.1) is 0 Å². The number of nitrogens with one attached hydrogen (secondary N) is 1. The zero-order valence-corrected chi connectivity index (χ0v) is 13.1. The lowest BCUT2D eigenvalue weighted by atomic mass is 9.99. The van der Waals surface area contributed by atoms with Gasteiger partial charge in [-0.15, -0.1) is 0 Å². The summed E-state index contributed by atoms with van der Waals surface area (Å²) in [5, 5.41) is 3.23. The molecule has 1 heterocycles. The van der Waals surface area contributed by atoms with Crippen molar-refractivity contribution in [1.29, 1.82) is 0 Å². The molecule has 1 N–H and O–H groups in total. The van der Waals surface area contributed by atoms with E-state index in [1.54, 1.807) is 0 Å². The maximum atomic E-state index is 12.5. The molecule has 1 amide bonds. The summed E-state index contributed by atoms with van der Waals surface area (Å²) >= 11 is 3.73. The van der Waals surface area contributed by atoms with Crippen LogP contribution in [0.2, 0.25) is 0 Å². The summed E-state index contributed by atoms with van der Waals surface area (Å²) in [6, 6.07) is 8.08. The lowest BCUT2D eigenvalue weighted by Gasteiger charge is -2.23. The van der Waals surface area contributed by atoms with Crippen molar-refractivity contribution in [1.82, 2.24) is 5.32 Å². The van der Waals surface area contributed by atoms with Gasteiger partial charge >= 0.3 is 0 Å². The number of halogens is 1. The van der Waals surface area contributed by atoms with E-state index in [-0.39, 0.29) is 17.9 Å². The molecular weight excluding hydrogens is 318 g/mol. The number of carbonyl (C=O) groups excluding carboxylic acids is 1. The van der Waals surface area contributed by atoms with Crippen LogP contribution < -0.4 is 10.1 Å². The second-order valence-electron chi connectivity index (χ2n) is 5.67. The van der Waals surface area contributed by atoms with E-state index in [2.05, 4.69) is 21.2 Å². The first-order chi connectivity index (χ1) is 9.75. The van der Waals surface area contributed by atoms with Crippen molar-refractivity contribution in [2.75, 3.05) is 6.61 Å². The average molecular weight is 338 g/mol. The summed E-state index contributed by atoms with van der Waals surface area (Å²) < 4.78 is 5.60. The van der Waals surface area contributed by atoms with Crippen LogP contribution >= 0.6 is 15.9 Å². The standard InChI is InChI=1S/C16H20BrNO2/c17-13-7-2-1-3-8-14(13)18-16(19)12-10-20-15-9-5-4-6-11(12)15/h4-6,9,12-14H,1-3,7-8,10H2,(H,18,19). The van der Waals surface area contributed by atoms with E-state index in [4.69, 9.17) is 4.74 Å². The first-order valence-electron chi connectivity index (χ1n) is 7.42. The van der Waals surface area contributed by atoms with E-state index in [0.717, 1.165) is 24.2 Å². The highest BCUT2D eigenvalue weighted by molar-refractivity contribution is 9.09. The van der Waals surface area contributed by atoms with Crippen molar-refractivity contribution < 1.29 is 9.53 Å². The third-order valence-electron chi connectivity index (χ3n) is 4.28. The molecule has 3 atom stereocenters. The van der Waals surface area contributed by atoms with Crippen molar-refractivity contribution in [2.45, 2.75) is 48.9 Å². The predicted octanol–water partition coefficient (Wildman–Crippen LogP) is 3.38. The van der Waals surface area contributed by atoms with Gasteiger partial charge in [0.25, 0.3) is 0 Å². The van der Waals surface area contributed by atoms with Crippen LogP contribution in [0.3, 0.4) is 0 Å². The van der Waals surface area contributed by atoms with Crippen LogP contribution in [-0.2, 0) is 4.79 Å². The highest BCUT2D eigenvalue weighted by Crippen LogP contribution is 2.34. The van der Waals surface area contributed by atoms with Gasteiger partial charge in [-0.2, -0.15) is 0 Å². The fraction of sp³-hybridized carbons (Fsp3) is 0.562. The van der Waals surface area contributed by atoms with Gasteiger partial charge in [-0.3, -0.25) is 4.79 Å². The van der Waals surface area contributed by atoms with Gasteiger partial charge in [-0.25, -0.2) is 0 Å². The van der Waals surface area contributed by atoms with Crippen LogP contribution in [0.15, 0.2) is 24.3 Å². The number of hydrogen-bond acceptors (Lipinski definition) is 2. The van der Waals surface area contributed by atoms with E-state index in [9.17, 15) is 4.79 Å². The fourth-order valence-corrected chi connectivity index (χ4v) is 3.81. The summed E-state index contributed by atoms with van der Waals surface area (Å²) in [7, 11) is 0. The summed E-state index contributed by atoms with van der Waals surface area (Å²) in [5.41, 5.74) is 1.02. The van der Waals surface area contributed by atoms with Crippen molar-refractivity contribution >= 4 is 21.8 Å². The van der Waals surface area contributed by atoms with Crippen LogP contribution in [0.5, 0.6) is 5.75 Å². The number of rotatable bonds is 2. The van der Waals surface area contributed by atoms with Crippen molar-refractivity contribution in [2.24, 2.45) is 0 Å². The van der Waals surface area contributed by atoms with E-state index >= 15 is 0 Å². The Balaban J connectivity index is 1.68. The molecule has 0 aromatic heterocycles. The van der Waals surface area contributed by atoms with Gasteiger partial charge in [0, 0.05) is 16.4 Å². The molecule has 0 saturated heterocycles. The highest BCUT2D eigenvalue weighted by atomic mass is 79.9. The highest BCUT2D eigenvalue weighted by Gasteiger charge is 2.32. The lowest BCUT2D eigenvalue weighted by Crippen LogP contribution is -2.43. The molecule has 108 valence electrons. The number of fused-ring (bicyclic) bond motifs is 1. The fourth-order valence-electron chi connectivity index (χ4n) is 3.09. The molecular formula is C16H20BrNO2. The third-order valence-corrected chi connectivity index (χ3v) is 5.37. The minimum atomic E-state index is -0.158. The van der Waals surface area contributed by atoms with Gasteiger partial charge in [0.2, 0.25) is 5.91 Å². The average Bonchev–Trinajstić information content (AvgIpc) is 2.79. The molecule has 2 aliphatic rings. The van der Waals surface area contributed by atoms with Crippen molar-refractivity contribution in [3.8, 4) is 5.75 Å². The summed E-state index contributed by atoms with van der Waals surface area (Å²) in [6.07, 6.45) is 5.92. The Bertz CT molecular complexity index is 491. The first kappa shape index (κ1) is 13.9. The Morgan fingerprint density at radius 3 is 2.90 bits per heavy atom. The Morgan fingerprint density at radius 2 is 2.00 bits per heavy atom. The summed E-state index contributed by atoms with van der Waals surface area (Å²) in [5.74, 6) is 0.796. The number of amides is 1. The van der Waals surface area contributed by atoms with Crippen LogP contribution in [0.25, 0.3) is 0 Å². The lowest BCUT2D eigenvalue weighted by molar-refractivity contribution is -0.123. The smallest absolute Gasteiger partial charge is 0.231 e. The molecule has 1 aliphatic carbocycles. The number of benzene rings is 1. The van der Waals surface area contributed by atoms with E-state index < -0.39 is 0 Å².